The predicted octanol–water partition coefficient (Wildman–Crippen LogP) is -1.01. The molecule has 13 heavy (non-hydrogen) atoms. The van der Waals surface area contributed by atoms with E-state index in [0.29, 0.717) is 0 Å². The Bertz CT molecular complexity index is 220. The first-order valence-electron chi connectivity index (χ1n) is 4.91. The number of imidazole rings is 1. The molecule has 0 unspecified atom stereocenters. The maximum absolute atomic E-state index is 2.26. The van der Waals surface area contributed by atoms with Crippen LogP contribution in [0.4, 0.5) is 0 Å². The van der Waals surface area contributed by atoms with Gasteiger partial charge in [-0.1, -0.05) is 13.3 Å². The molecule has 3 heteroatoms. The van der Waals surface area contributed by atoms with Crippen molar-refractivity contribution in [2.24, 2.45) is 0 Å². The monoisotopic (exact) mass is 202 g/mol. The average molecular weight is 203 g/mol. The highest BCUT2D eigenvalue weighted by molar-refractivity contribution is 4.64. The second-order valence-corrected chi connectivity index (χ2v) is 3.19. The molecule has 0 aliphatic rings. The van der Waals surface area contributed by atoms with Crippen LogP contribution in [0.15, 0.2) is 18.7 Å². The van der Waals surface area contributed by atoms with E-state index in [1.165, 1.54) is 25.8 Å². The number of aryl methyl sites for hydroxylation is 2. The third kappa shape index (κ3) is 4.32. The highest BCUT2D eigenvalue weighted by atomic mass is 35.5. The number of unbranched alkanes of at least 4 members (excludes halogenated alkanes) is 2. The van der Waals surface area contributed by atoms with Gasteiger partial charge >= 0.3 is 0 Å². The van der Waals surface area contributed by atoms with E-state index >= 15 is 0 Å². The Kier molecular flexibility index (Phi) is 6.69. The zero-order valence-electron chi connectivity index (χ0n) is 8.54. The van der Waals surface area contributed by atoms with Crippen molar-refractivity contribution in [3.8, 4) is 0 Å². The molecule has 0 fully saturated rings. The molecular formula is C10H19ClN2. The normalized spacial score (nSPS) is 9.69. The van der Waals surface area contributed by atoms with Crippen molar-refractivity contribution in [3.05, 3.63) is 18.7 Å². The largest absolute Gasteiger partial charge is 1.00 e. The van der Waals surface area contributed by atoms with Gasteiger partial charge in [0.15, 0.2) is 0 Å². The molecule has 0 amide bonds. The molecular weight excluding hydrogens is 184 g/mol. The fourth-order valence-electron chi connectivity index (χ4n) is 1.30. The lowest BCUT2D eigenvalue weighted by Crippen LogP contribution is -3.00. The fourth-order valence-corrected chi connectivity index (χ4v) is 1.30. The molecule has 0 bridgehead atoms. The smallest absolute Gasteiger partial charge is 0.243 e. The summed E-state index contributed by atoms with van der Waals surface area (Å²) >= 11 is 0. The minimum Gasteiger partial charge on any atom is -1.00 e. The lowest BCUT2D eigenvalue weighted by molar-refractivity contribution is -0.696. The molecule has 2 nitrogen and oxygen atoms in total. The van der Waals surface area contributed by atoms with Gasteiger partial charge in [-0.2, -0.15) is 0 Å². The molecule has 0 aliphatic carbocycles. The summed E-state index contributed by atoms with van der Waals surface area (Å²) in [6.45, 7) is 6.64. The zero-order valence-corrected chi connectivity index (χ0v) is 9.30. The first-order chi connectivity index (χ1) is 5.86. The van der Waals surface area contributed by atoms with E-state index in [2.05, 4.69) is 41.7 Å². The third-order valence-corrected chi connectivity index (χ3v) is 2.13. The van der Waals surface area contributed by atoms with E-state index in [1.807, 2.05) is 0 Å². The van der Waals surface area contributed by atoms with Gasteiger partial charge in [-0.05, 0) is 19.8 Å². The summed E-state index contributed by atoms with van der Waals surface area (Å²) in [6.07, 6.45) is 10.4. The Balaban J connectivity index is 0.00000144. The first-order valence-corrected chi connectivity index (χ1v) is 4.91. The number of halogens is 1. The SMILES string of the molecule is CCCCC[n+]1ccn(CC)c1.[Cl-]. The van der Waals surface area contributed by atoms with E-state index in [4.69, 9.17) is 0 Å². The molecule has 0 saturated carbocycles. The topological polar surface area (TPSA) is 8.81 Å². The van der Waals surface area contributed by atoms with Crippen molar-refractivity contribution in [2.45, 2.75) is 46.2 Å². The molecule has 1 aromatic heterocycles. The number of nitrogens with zero attached hydrogens (tertiary/aromatic N) is 2. The van der Waals surface area contributed by atoms with Crippen LogP contribution in [-0.4, -0.2) is 4.57 Å². The average Bonchev–Trinajstić information content (AvgIpc) is 2.53. The van der Waals surface area contributed by atoms with Crippen molar-refractivity contribution >= 4 is 0 Å². The molecule has 0 radical (unpaired) electrons. The number of hydrogen-bond donors (Lipinski definition) is 0. The number of rotatable bonds is 5. The molecule has 0 N–H and O–H groups in total. The van der Waals surface area contributed by atoms with Gasteiger partial charge in [-0.3, -0.25) is 0 Å². The minimum atomic E-state index is 0. The molecule has 0 aromatic carbocycles. The van der Waals surface area contributed by atoms with E-state index in [1.54, 1.807) is 0 Å². The summed E-state index contributed by atoms with van der Waals surface area (Å²) in [6, 6.07) is 0. The lowest BCUT2D eigenvalue weighted by atomic mass is 10.2. The molecule has 1 aromatic rings. The molecule has 1 heterocycles. The summed E-state index contributed by atoms with van der Waals surface area (Å²) in [4.78, 5) is 0. The van der Waals surface area contributed by atoms with Gasteiger partial charge in [0.2, 0.25) is 6.33 Å². The van der Waals surface area contributed by atoms with Gasteiger partial charge in [-0.25, -0.2) is 9.13 Å². The highest BCUT2D eigenvalue weighted by Crippen LogP contribution is 1.93. The van der Waals surface area contributed by atoms with Crippen molar-refractivity contribution in [3.63, 3.8) is 0 Å². The Labute approximate surface area is 87.0 Å². The summed E-state index contributed by atoms with van der Waals surface area (Å²) < 4.78 is 4.46. The van der Waals surface area contributed by atoms with E-state index in [-0.39, 0.29) is 12.4 Å². The van der Waals surface area contributed by atoms with Crippen LogP contribution >= 0.6 is 0 Å². The van der Waals surface area contributed by atoms with Crippen molar-refractivity contribution in [2.75, 3.05) is 0 Å². The van der Waals surface area contributed by atoms with Crippen LogP contribution in [0.1, 0.15) is 33.1 Å². The first kappa shape index (κ1) is 12.5. The fraction of sp³-hybridized carbons (Fsp3) is 0.700. The van der Waals surface area contributed by atoms with Crippen LogP contribution in [0.25, 0.3) is 0 Å². The Morgan fingerprint density at radius 3 is 2.54 bits per heavy atom. The van der Waals surface area contributed by atoms with E-state index < -0.39 is 0 Å². The predicted molar refractivity (Wildman–Crippen MR) is 49.8 cm³/mol. The molecule has 1 rings (SSSR count). The van der Waals surface area contributed by atoms with Crippen LogP contribution in [0.2, 0.25) is 0 Å². The maximum Gasteiger partial charge on any atom is 0.243 e. The van der Waals surface area contributed by atoms with Crippen LogP contribution in [0, 0.1) is 0 Å². The molecule has 0 spiro atoms. The Hall–Kier alpha value is -0.500. The second-order valence-electron chi connectivity index (χ2n) is 3.19. The minimum absolute atomic E-state index is 0. The third-order valence-electron chi connectivity index (χ3n) is 2.13. The second kappa shape index (κ2) is 6.96. The van der Waals surface area contributed by atoms with E-state index in [0.717, 1.165) is 6.54 Å². The van der Waals surface area contributed by atoms with Gasteiger partial charge in [-0.15, -0.1) is 0 Å². The Morgan fingerprint density at radius 1 is 1.23 bits per heavy atom. The lowest BCUT2D eigenvalue weighted by Gasteiger charge is -1.93. The standard InChI is InChI=1S/C10H19N2.ClH/c1-3-5-6-7-12-9-8-11(4-2)10-12;/h8-10H,3-7H2,1-2H3;1H/q+1;/p-1. The van der Waals surface area contributed by atoms with Gasteiger partial charge in [0, 0.05) is 0 Å². The van der Waals surface area contributed by atoms with Gasteiger partial charge in [0.1, 0.15) is 12.4 Å². The zero-order chi connectivity index (χ0) is 8.81. The number of hydrogen-bond acceptors (Lipinski definition) is 0. The molecule has 0 aliphatic heterocycles. The number of aromatic nitrogens is 2. The van der Waals surface area contributed by atoms with Gasteiger partial charge in [0.05, 0.1) is 13.1 Å². The molecule has 0 atom stereocenters. The van der Waals surface area contributed by atoms with Crippen LogP contribution in [-0.2, 0) is 13.1 Å². The van der Waals surface area contributed by atoms with Crippen LogP contribution in [0.5, 0.6) is 0 Å². The summed E-state index contributed by atoms with van der Waals surface area (Å²) in [5.74, 6) is 0. The van der Waals surface area contributed by atoms with Crippen molar-refractivity contribution in [1.29, 1.82) is 0 Å². The highest BCUT2D eigenvalue weighted by Gasteiger charge is 1.99. The summed E-state index contributed by atoms with van der Waals surface area (Å²) in [7, 11) is 0. The Morgan fingerprint density at radius 2 is 2.00 bits per heavy atom. The van der Waals surface area contributed by atoms with Crippen molar-refractivity contribution in [1.82, 2.24) is 4.57 Å². The molecule has 76 valence electrons. The quantitative estimate of drug-likeness (QED) is 0.428. The molecule has 0 saturated heterocycles. The van der Waals surface area contributed by atoms with Gasteiger partial charge in [0.25, 0.3) is 0 Å². The summed E-state index contributed by atoms with van der Waals surface area (Å²) in [5, 5.41) is 0. The summed E-state index contributed by atoms with van der Waals surface area (Å²) in [5.41, 5.74) is 0. The van der Waals surface area contributed by atoms with Crippen LogP contribution < -0.4 is 17.0 Å². The maximum atomic E-state index is 2.26. The van der Waals surface area contributed by atoms with Crippen molar-refractivity contribution < 1.29 is 17.0 Å². The van der Waals surface area contributed by atoms with Crippen LogP contribution in [0.3, 0.4) is 0 Å². The van der Waals surface area contributed by atoms with Gasteiger partial charge < -0.3 is 12.4 Å². The van der Waals surface area contributed by atoms with E-state index in [9.17, 15) is 0 Å².